The van der Waals surface area contributed by atoms with Crippen LogP contribution in [0.3, 0.4) is 0 Å². The minimum absolute atomic E-state index is 0.0248. The number of nitrogens with zero attached hydrogens (tertiary/aromatic N) is 5. The maximum atomic E-state index is 14.1. The highest BCUT2D eigenvalue weighted by atomic mass is 19.1. The van der Waals surface area contributed by atoms with E-state index in [1.54, 1.807) is 12.1 Å². The van der Waals surface area contributed by atoms with Gasteiger partial charge in [0.05, 0.1) is 5.69 Å². The van der Waals surface area contributed by atoms with Crippen molar-refractivity contribution in [3.63, 3.8) is 0 Å². The SMILES string of the molecule is Cc1cc(C)n(CC(=O)N2CCN(c3ccccc3F)CC2)c1-c1nc(C(C)C)no1. The van der Waals surface area contributed by atoms with Gasteiger partial charge in [0.15, 0.2) is 5.82 Å². The van der Waals surface area contributed by atoms with Crippen LogP contribution in [0.4, 0.5) is 10.1 Å². The van der Waals surface area contributed by atoms with E-state index >= 15 is 0 Å². The molecule has 3 aromatic rings. The smallest absolute Gasteiger partial charge is 0.274 e. The van der Waals surface area contributed by atoms with Crippen LogP contribution in [0, 0.1) is 19.7 Å². The van der Waals surface area contributed by atoms with Crippen molar-refractivity contribution < 1.29 is 13.7 Å². The molecule has 1 saturated heterocycles. The van der Waals surface area contributed by atoms with Crippen LogP contribution in [0.15, 0.2) is 34.9 Å². The molecule has 7 nitrogen and oxygen atoms in total. The van der Waals surface area contributed by atoms with Gasteiger partial charge in [-0.1, -0.05) is 31.1 Å². The minimum Gasteiger partial charge on any atom is -0.366 e. The van der Waals surface area contributed by atoms with Crippen molar-refractivity contribution in [3.05, 3.63) is 53.2 Å². The van der Waals surface area contributed by atoms with Crippen LogP contribution in [0.25, 0.3) is 11.6 Å². The molecule has 1 fully saturated rings. The zero-order valence-corrected chi connectivity index (χ0v) is 18.4. The molecule has 2 aromatic heterocycles. The first-order valence-corrected chi connectivity index (χ1v) is 10.6. The average Bonchev–Trinajstić information content (AvgIpc) is 3.33. The van der Waals surface area contributed by atoms with E-state index in [4.69, 9.17) is 4.52 Å². The van der Waals surface area contributed by atoms with E-state index < -0.39 is 0 Å². The predicted molar refractivity (Wildman–Crippen MR) is 116 cm³/mol. The fourth-order valence-corrected chi connectivity index (χ4v) is 4.04. The molecule has 1 aromatic carbocycles. The standard InChI is InChI=1S/C23H28FN5O2/c1-15(2)22-25-23(31-26-22)21-16(3)13-17(4)29(21)14-20(30)28-11-9-27(10-12-28)19-8-6-5-7-18(19)24/h5-8,13,15H,9-12,14H2,1-4H3. The zero-order chi connectivity index (χ0) is 22.1. The monoisotopic (exact) mass is 425 g/mol. The molecular weight excluding hydrogens is 397 g/mol. The Kier molecular flexibility index (Phi) is 5.80. The summed E-state index contributed by atoms with van der Waals surface area (Å²) in [5, 5.41) is 4.07. The number of hydrogen-bond acceptors (Lipinski definition) is 5. The number of hydrogen-bond donors (Lipinski definition) is 0. The molecule has 3 heterocycles. The van der Waals surface area contributed by atoms with E-state index in [0.717, 1.165) is 17.0 Å². The van der Waals surface area contributed by atoms with Gasteiger partial charge in [0.25, 0.3) is 5.89 Å². The van der Waals surface area contributed by atoms with E-state index in [0.29, 0.717) is 43.6 Å². The molecule has 0 bridgehead atoms. The van der Waals surface area contributed by atoms with Crippen molar-refractivity contribution in [1.29, 1.82) is 0 Å². The van der Waals surface area contributed by atoms with Gasteiger partial charge in [-0.15, -0.1) is 0 Å². The molecule has 1 aliphatic heterocycles. The summed E-state index contributed by atoms with van der Waals surface area (Å²) in [5.41, 5.74) is 3.34. The van der Waals surface area contributed by atoms with E-state index in [1.165, 1.54) is 6.07 Å². The van der Waals surface area contributed by atoms with E-state index in [2.05, 4.69) is 10.1 Å². The molecule has 31 heavy (non-hydrogen) atoms. The quantitative estimate of drug-likeness (QED) is 0.623. The molecule has 164 valence electrons. The molecule has 1 amide bonds. The van der Waals surface area contributed by atoms with Crippen molar-refractivity contribution in [2.75, 3.05) is 31.1 Å². The number of amides is 1. The number of carbonyl (C=O) groups excluding carboxylic acids is 1. The number of halogens is 1. The fraction of sp³-hybridized carbons (Fsp3) is 0.435. The second-order valence-corrected chi connectivity index (χ2v) is 8.34. The molecule has 1 aliphatic rings. The van der Waals surface area contributed by atoms with Crippen molar-refractivity contribution in [2.24, 2.45) is 0 Å². The Hall–Kier alpha value is -3.16. The Morgan fingerprint density at radius 1 is 1.16 bits per heavy atom. The maximum Gasteiger partial charge on any atom is 0.274 e. The van der Waals surface area contributed by atoms with Crippen LogP contribution in [-0.4, -0.2) is 51.7 Å². The van der Waals surface area contributed by atoms with Crippen molar-refractivity contribution in [1.82, 2.24) is 19.6 Å². The summed E-state index contributed by atoms with van der Waals surface area (Å²) < 4.78 is 21.5. The van der Waals surface area contributed by atoms with Crippen molar-refractivity contribution >= 4 is 11.6 Å². The third-order valence-electron chi connectivity index (χ3n) is 5.77. The normalized spacial score (nSPS) is 14.5. The molecule has 0 unspecified atom stereocenters. The highest BCUT2D eigenvalue weighted by molar-refractivity contribution is 5.77. The lowest BCUT2D eigenvalue weighted by Gasteiger charge is -2.36. The van der Waals surface area contributed by atoms with Gasteiger partial charge in [-0.05, 0) is 37.6 Å². The average molecular weight is 426 g/mol. The van der Waals surface area contributed by atoms with Gasteiger partial charge < -0.3 is 18.9 Å². The van der Waals surface area contributed by atoms with E-state index in [-0.39, 0.29) is 24.2 Å². The Balaban J connectivity index is 1.48. The minimum atomic E-state index is -0.231. The van der Waals surface area contributed by atoms with Gasteiger partial charge in [-0.2, -0.15) is 4.98 Å². The number of anilines is 1. The summed E-state index contributed by atoms with van der Waals surface area (Å²) in [5.74, 6) is 1.04. The second-order valence-electron chi connectivity index (χ2n) is 8.34. The largest absolute Gasteiger partial charge is 0.366 e. The summed E-state index contributed by atoms with van der Waals surface area (Å²) >= 11 is 0. The number of aryl methyl sites for hydroxylation is 2. The molecule has 8 heteroatoms. The number of carbonyl (C=O) groups is 1. The second kappa shape index (κ2) is 8.53. The number of piperazine rings is 1. The van der Waals surface area contributed by atoms with Crippen molar-refractivity contribution in [2.45, 2.75) is 40.2 Å². The molecule has 0 spiro atoms. The first-order chi connectivity index (χ1) is 14.8. The summed E-state index contributed by atoms with van der Waals surface area (Å²) in [6.07, 6.45) is 0. The molecule has 4 rings (SSSR count). The maximum absolute atomic E-state index is 14.1. The Bertz CT molecular complexity index is 1080. The number of benzene rings is 1. The van der Waals surface area contributed by atoms with E-state index in [9.17, 15) is 9.18 Å². The summed E-state index contributed by atoms with van der Waals surface area (Å²) in [7, 11) is 0. The lowest BCUT2D eigenvalue weighted by Crippen LogP contribution is -2.49. The first-order valence-electron chi connectivity index (χ1n) is 10.6. The van der Waals surface area contributed by atoms with Crippen LogP contribution in [0.5, 0.6) is 0 Å². The Morgan fingerprint density at radius 2 is 1.87 bits per heavy atom. The summed E-state index contributed by atoms with van der Waals surface area (Å²) in [4.78, 5) is 21.4. The molecule has 0 radical (unpaired) electrons. The molecule has 0 saturated carbocycles. The molecule has 0 aliphatic carbocycles. The van der Waals surface area contributed by atoms with Crippen LogP contribution < -0.4 is 4.90 Å². The van der Waals surface area contributed by atoms with Crippen LogP contribution >= 0.6 is 0 Å². The van der Waals surface area contributed by atoms with E-state index in [1.807, 2.05) is 54.2 Å². The molecular formula is C23H28FN5O2. The summed E-state index contributed by atoms with van der Waals surface area (Å²) in [6, 6.07) is 8.79. The predicted octanol–water partition coefficient (Wildman–Crippen LogP) is 3.77. The summed E-state index contributed by atoms with van der Waals surface area (Å²) in [6.45, 7) is 10.5. The van der Waals surface area contributed by atoms with Gasteiger partial charge in [-0.25, -0.2) is 4.39 Å². The molecule has 0 atom stereocenters. The van der Waals surface area contributed by atoms with Gasteiger partial charge in [0.2, 0.25) is 5.91 Å². The lowest BCUT2D eigenvalue weighted by atomic mass is 10.2. The van der Waals surface area contributed by atoms with Crippen molar-refractivity contribution in [3.8, 4) is 11.6 Å². The Morgan fingerprint density at radius 3 is 2.52 bits per heavy atom. The van der Waals surface area contributed by atoms with Gasteiger partial charge in [-0.3, -0.25) is 4.79 Å². The highest BCUT2D eigenvalue weighted by Gasteiger charge is 2.25. The number of rotatable bonds is 5. The first kappa shape index (κ1) is 21.1. The highest BCUT2D eigenvalue weighted by Crippen LogP contribution is 2.27. The fourth-order valence-electron chi connectivity index (χ4n) is 4.04. The zero-order valence-electron chi connectivity index (χ0n) is 18.4. The van der Waals surface area contributed by atoms with Gasteiger partial charge in [0, 0.05) is 37.8 Å². The third kappa shape index (κ3) is 4.19. The van der Waals surface area contributed by atoms with Crippen LogP contribution in [0.1, 0.15) is 36.8 Å². The van der Waals surface area contributed by atoms with Crippen LogP contribution in [0.2, 0.25) is 0 Å². The lowest BCUT2D eigenvalue weighted by molar-refractivity contribution is -0.132. The molecule has 0 N–H and O–H groups in total. The van der Waals surface area contributed by atoms with Crippen LogP contribution in [-0.2, 0) is 11.3 Å². The topological polar surface area (TPSA) is 67.4 Å². The number of aromatic nitrogens is 3. The van der Waals surface area contributed by atoms with Gasteiger partial charge >= 0.3 is 0 Å². The Labute approximate surface area is 181 Å². The third-order valence-corrected chi connectivity index (χ3v) is 5.77. The number of para-hydroxylation sites is 1. The van der Waals surface area contributed by atoms with Gasteiger partial charge in [0.1, 0.15) is 18.1 Å².